The summed E-state index contributed by atoms with van der Waals surface area (Å²) in [6.45, 7) is 0. The zero-order chi connectivity index (χ0) is 11.1. The summed E-state index contributed by atoms with van der Waals surface area (Å²) in [4.78, 5) is 4.11. The molecule has 0 unspecified atom stereocenters. The van der Waals surface area contributed by atoms with Crippen LogP contribution in [0, 0.1) is 0 Å². The summed E-state index contributed by atoms with van der Waals surface area (Å²) in [7, 11) is 0. The molecular weight excluding hydrogens is 206 g/mol. The Hall–Kier alpha value is -2.43. The molecule has 0 radical (unpaired) electrons. The van der Waals surface area contributed by atoms with Gasteiger partial charge in [0.05, 0.1) is 5.56 Å². The number of pyridine rings is 1. The molecule has 78 valence electrons. The average molecular weight is 213 g/mol. The Kier molecular flexibility index (Phi) is 1.67. The lowest BCUT2D eigenvalue weighted by atomic mass is 10.1. The third-order valence-electron chi connectivity index (χ3n) is 2.42. The van der Waals surface area contributed by atoms with E-state index in [1.165, 1.54) is 12.1 Å². The fourth-order valence-corrected chi connectivity index (χ4v) is 1.64. The van der Waals surface area contributed by atoms with E-state index in [-0.39, 0.29) is 17.1 Å². The predicted octanol–water partition coefficient (Wildman–Crippen LogP) is 2.89. The number of aromatic nitrogens is 1. The van der Waals surface area contributed by atoms with Gasteiger partial charge in [0.1, 0.15) is 28.6 Å². The van der Waals surface area contributed by atoms with Crippen LogP contribution in [-0.4, -0.2) is 15.2 Å². The lowest BCUT2D eigenvalue weighted by molar-refractivity contribution is 0.454. The van der Waals surface area contributed by atoms with Crippen molar-refractivity contribution in [3.63, 3.8) is 0 Å². The van der Waals surface area contributed by atoms with Crippen LogP contribution in [0.3, 0.4) is 0 Å². The molecule has 5 nitrogen and oxygen atoms in total. The Labute approximate surface area is 90.7 Å². The summed E-state index contributed by atoms with van der Waals surface area (Å²) in [6.07, 6.45) is 1.57. The standard InChI is InChI=1S/C11H7N3O2/c15-7-2-1-3-8(16)9(7)11-10-6(13-14-10)4-5-12-11/h1-5,15-16H. The Bertz CT molecular complexity index is 588. The van der Waals surface area contributed by atoms with Crippen molar-refractivity contribution >= 4 is 11.4 Å². The Morgan fingerprint density at radius 1 is 0.938 bits per heavy atom. The van der Waals surface area contributed by atoms with E-state index in [0.29, 0.717) is 17.1 Å². The topological polar surface area (TPSA) is 78.1 Å². The summed E-state index contributed by atoms with van der Waals surface area (Å²) < 4.78 is 0. The van der Waals surface area contributed by atoms with Gasteiger partial charge in [0.15, 0.2) is 0 Å². The number of hydrogen-bond acceptors (Lipinski definition) is 5. The van der Waals surface area contributed by atoms with Crippen LogP contribution in [0.4, 0.5) is 11.4 Å². The highest BCUT2D eigenvalue weighted by Gasteiger charge is 2.21. The van der Waals surface area contributed by atoms with Gasteiger partial charge in [0, 0.05) is 6.20 Å². The maximum absolute atomic E-state index is 9.71. The normalized spacial score (nSPS) is 12.0. The van der Waals surface area contributed by atoms with Crippen molar-refractivity contribution in [1.82, 2.24) is 4.98 Å². The number of fused-ring (bicyclic) bond motifs is 1. The maximum Gasteiger partial charge on any atom is 0.140 e. The minimum atomic E-state index is -0.0250. The van der Waals surface area contributed by atoms with Crippen LogP contribution in [0.15, 0.2) is 40.7 Å². The molecule has 0 saturated heterocycles. The smallest absolute Gasteiger partial charge is 0.140 e. The molecule has 0 amide bonds. The Morgan fingerprint density at radius 2 is 1.69 bits per heavy atom. The van der Waals surface area contributed by atoms with Gasteiger partial charge in [-0.05, 0) is 18.2 Å². The zero-order valence-corrected chi connectivity index (χ0v) is 8.12. The molecule has 0 bridgehead atoms. The lowest BCUT2D eigenvalue weighted by Crippen LogP contribution is -1.89. The van der Waals surface area contributed by atoms with Crippen LogP contribution >= 0.6 is 0 Å². The summed E-state index contributed by atoms with van der Waals surface area (Å²) in [5.41, 5.74) is 2.05. The van der Waals surface area contributed by atoms with Crippen molar-refractivity contribution in [2.45, 2.75) is 0 Å². The van der Waals surface area contributed by atoms with Gasteiger partial charge in [0.2, 0.25) is 0 Å². The molecule has 3 rings (SSSR count). The molecule has 0 fully saturated rings. The van der Waals surface area contributed by atoms with E-state index < -0.39 is 0 Å². The second-order valence-corrected chi connectivity index (χ2v) is 3.40. The van der Waals surface area contributed by atoms with Crippen molar-refractivity contribution in [3.8, 4) is 22.8 Å². The zero-order valence-electron chi connectivity index (χ0n) is 8.12. The van der Waals surface area contributed by atoms with Gasteiger partial charge < -0.3 is 10.2 Å². The molecule has 0 saturated carbocycles. The summed E-state index contributed by atoms with van der Waals surface area (Å²) in [5, 5.41) is 27.1. The van der Waals surface area contributed by atoms with Crippen molar-refractivity contribution in [2.75, 3.05) is 0 Å². The fraction of sp³-hybridized carbons (Fsp3) is 0. The van der Waals surface area contributed by atoms with Crippen LogP contribution in [0.2, 0.25) is 0 Å². The van der Waals surface area contributed by atoms with Crippen LogP contribution in [0.1, 0.15) is 0 Å². The van der Waals surface area contributed by atoms with Gasteiger partial charge in [-0.1, -0.05) is 6.07 Å². The third-order valence-corrected chi connectivity index (χ3v) is 2.42. The molecule has 0 atom stereocenters. The molecule has 1 aromatic carbocycles. The summed E-state index contributed by atoms with van der Waals surface area (Å²) in [6, 6.07) is 6.27. The van der Waals surface area contributed by atoms with Gasteiger partial charge in [-0.15, -0.1) is 10.2 Å². The first-order valence-electron chi connectivity index (χ1n) is 4.69. The minimum absolute atomic E-state index is 0.0250. The average Bonchev–Trinajstić information content (AvgIpc) is 2.20. The second-order valence-electron chi connectivity index (χ2n) is 3.40. The molecule has 2 aromatic rings. The lowest BCUT2D eigenvalue weighted by Gasteiger charge is -2.13. The number of phenols is 2. The molecule has 0 spiro atoms. The highest BCUT2D eigenvalue weighted by Crippen LogP contribution is 2.48. The maximum atomic E-state index is 9.71. The number of phenolic OH excluding ortho intramolecular Hbond substituents is 2. The number of aromatic hydroxyl groups is 2. The molecule has 5 heteroatoms. The van der Waals surface area contributed by atoms with Crippen LogP contribution in [0.5, 0.6) is 11.5 Å². The largest absolute Gasteiger partial charge is 0.507 e. The Balaban J connectivity index is 2.28. The van der Waals surface area contributed by atoms with Crippen molar-refractivity contribution in [1.29, 1.82) is 0 Å². The van der Waals surface area contributed by atoms with Gasteiger partial charge in [-0.3, -0.25) is 4.98 Å². The van der Waals surface area contributed by atoms with Gasteiger partial charge in [-0.25, -0.2) is 0 Å². The van der Waals surface area contributed by atoms with Crippen molar-refractivity contribution in [2.24, 2.45) is 10.2 Å². The number of benzene rings is 1. The minimum Gasteiger partial charge on any atom is -0.507 e. The second kappa shape index (κ2) is 3.03. The van der Waals surface area contributed by atoms with Crippen LogP contribution < -0.4 is 0 Å². The predicted molar refractivity (Wildman–Crippen MR) is 57.2 cm³/mol. The van der Waals surface area contributed by atoms with Gasteiger partial charge in [-0.2, -0.15) is 0 Å². The Morgan fingerprint density at radius 3 is 2.31 bits per heavy atom. The summed E-state index contributed by atoms with van der Waals surface area (Å²) >= 11 is 0. The van der Waals surface area contributed by atoms with E-state index in [0.717, 1.165) is 0 Å². The van der Waals surface area contributed by atoms with E-state index >= 15 is 0 Å². The summed E-state index contributed by atoms with van der Waals surface area (Å²) in [5.74, 6) is -0.0500. The number of rotatable bonds is 1. The quantitative estimate of drug-likeness (QED) is 0.652. The number of nitrogens with zero attached hydrogens (tertiary/aromatic N) is 3. The molecule has 0 aliphatic carbocycles. The van der Waals surface area contributed by atoms with Gasteiger partial charge >= 0.3 is 0 Å². The molecule has 16 heavy (non-hydrogen) atoms. The van der Waals surface area contributed by atoms with E-state index in [4.69, 9.17) is 0 Å². The molecule has 1 aliphatic rings. The highest BCUT2D eigenvalue weighted by atomic mass is 16.3. The van der Waals surface area contributed by atoms with E-state index in [2.05, 4.69) is 15.2 Å². The number of azo groups is 1. The fourth-order valence-electron chi connectivity index (χ4n) is 1.64. The van der Waals surface area contributed by atoms with E-state index in [1.54, 1.807) is 18.3 Å². The first kappa shape index (κ1) is 8.84. The monoisotopic (exact) mass is 213 g/mol. The first-order valence-corrected chi connectivity index (χ1v) is 4.69. The van der Waals surface area contributed by atoms with Crippen LogP contribution in [0.25, 0.3) is 11.3 Å². The van der Waals surface area contributed by atoms with E-state index in [1.807, 2.05) is 0 Å². The molecule has 2 heterocycles. The van der Waals surface area contributed by atoms with Crippen LogP contribution in [-0.2, 0) is 0 Å². The number of hydrogen-bond donors (Lipinski definition) is 2. The molecular formula is C11H7N3O2. The van der Waals surface area contributed by atoms with Crippen molar-refractivity contribution < 1.29 is 10.2 Å². The van der Waals surface area contributed by atoms with Gasteiger partial charge in [0.25, 0.3) is 0 Å². The first-order chi connectivity index (χ1) is 7.77. The van der Waals surface area contributed by atoms with Crippen molar-refractivity contribution in [3.05, 3.63) is 30.5 Å². The SMILES string of the molecule is Oc1cccc(O)c1-c1nccc2c1N=N2. The third kappa shape index (κ3) is 1.08. The van der Waals surface area contributed by atoms with E-state index in [9.17, 15) is 10.2 Å². The molecule has 1 aromatic heterocycles. The molecule has 2 N–H and O–H groups in total. The molecule has 1 aliphatic heterocycles. The highest BCUT2D eigenvalue weighted by molar-refractivity contribution is 5.87.